The molecule has 21 heavy (non-hydrogen) atoms. The predicted molar refractivity (Wildman–Crippen MR) is 80.2 cm³/mol. The number of hydroxylamine groups is 1. The number of hydrogen-bond donors (Lipinski definition) is 1. The van der Waals surface area contributed by atoms with Crippen LogP contribution in [0.2, 0.25) is 0 Å². The van der Waals surface area contributed by atoms with E-state index in [1.807, 2.05) is 24.4 Å². The molecule has 0 saturated heterocycles. The number of hydrogen-bond acceptors (Lipinski definition) is 5. The van der Waals surface area contributed by atoms with Gasteiger partial charge < -0.3 is 0 Å². The van der Waals surface area contributed by atoms with Gasteiger partial charge in [-0.05, 0) is 24.4 Å². The molecule has 1 amide bonds. The van der Waals surface area contributed by atoms with E-state index >= 15 is 0 Å². The number of nitrogens with one attached hydrogen (secondary N) is 1. The van der Waals surface area contributed by atoms with Crippen LogP contribution in [0.5, 0.6) is 0 Å². The van der Waals surface area contributed by atoms with Crippen molar-refractivity contribution in [1.29, 1.82) is 0 Å². The fraction of sp³-hybridized carbons (Fsp3) is 0.214. The third kappa shape index (κ3) is 2.65. The second kappa shape index (κ2) is 5.63. The molecule has 0 fully saturated rings. The lowest BCUT2D eigenvalue weighted by Gasteiger charge is -2.06. The summed E-state index contributed by atoms with van der Waals surface area (Å²) in [5.41, 5.74) is 4.30. The van der Waals surface area contributed by atoms with Crippen molar-refractivity contribution in [3.63, 3.8) is 0 Å². The van der Waals surface area contributed by atoms with Crippen molar-refractivity contribution in [1.82, 2.24) is 20.2 Å². The minimum atomic E-state index is -0.302. The molecule has 108 valence electrons. The van der Waals surface area contributed by atoms with Gasteiger partial charge in [0.05, 0.1) is 30.8 Å². The molecule has 0 aliphatic heterocycles. The molecule has 6 nitrogen and oxygen atoms in total. The summed E-state index contributed by atoms with van der Waals surface area (Å²) in [5.74, 6) is -0.302. The van der Waals surface area contributed by atoms with Crippen LogP contribution in [-0.4, -0.2) is 27.8 Å². The van der Waals surface area contributed by atoms with E-state index in [0.717, 1.165) is 5.69 Å². The summed E-state index contributed by atoms with van der Waals surface area (Å²) in [4.78, 5) is 22.4. The summed E-state index contributed by atoms with van der Waals surface area (Å²) in [5, 5.41) is 7.09. The van der Waals surface area contributed by atoms with Gasteiger partial charge in [0.2, 0.25) is 0 Å². The van der Waals surface area contributed by atoms with E-state index < -0.39 is 0 Å². The Morgan fingerprint density at radius 2 is 2.38 bits per heavy atom. The number of thiophene rings is 1. The smallest absolute Gasteiger partial charge is 0.275 e. The molecule has 0 atom stereocenters. The van der Waals surface area contributed by atoms with E-state index in [-0.39, 0.29) is 5.91 Å². The summed E-state index contributed by atoms with van der Waals surface area (Å²) in [7, 11) is 1.41. The van der Waals surface area contributed by atoms with Crippen molar-refractivity contribution >= 4 is 28.3 Å². The van der Waals surface area contributed by atoms with Crippen LogP contribution in [0.3, 0.4) is 0 Å². The molecular weight excluding hydrogens is 288 g/mol. The van der Waals surface area contributed by atoms with Gasteiger partial charge in [0.25, 0.3) is 5.91 Å². The predicted octanol–water partition coefficient (Wildman–Crippen LogP) is 2.14. The third-order valence-electron chi connectivity index (χ3n) is 3.06. The summed E-state index contributed by atoms with van der Waals surface area (Å²) >= 11 is 1.66. The topological polar surface area (TPSA) is 69.0 Å². The summed E-state index contributed by atoms with van der Waals surface area (Å²) < 4.78 is 1.80. The fourth-order valence-corrected chi connectivity index (χ4v) is 2.86. The minimum Gasteiger partial charge on any atom is -0.277 e. The zero-order valence-corrected chi connectivity index (χ0v) is 12.5. The fourth-order valence-electron chi connectivity index (χ4n) is 2.17. The normalized spacial score (nSPS) is 11.0. The molecule has 3 rings (SSSR count). The van der Waals surface area contributed by atoms with Crippen molar-refractivity contribution in [3.8, 4) is 0 Å². The number of rotatable bonds is 4. The van der Waals surface area contributed by atoms with Crippen LogP contribution in [0.4, 0.5) is 0 Å². The molecule has 0 aliphatic rings. The highest BCUT2D eigenvalue weighted by Crippen LogP contribution is 2.20. The number of nitrogens with zero attached hydrogens (tertiary/aromatic N) is 3. The minimum absolute atomic E-state index is 0.302. The van der Waals surface area contributed by atoms with Crippen LogP contribution in [0.25, 0.3) is 11.0 Å². The van der Waals surface area contributed by atoms with Gasteiger partial charge in [0.1, 0.15) is 0 Å². The number of aryl methyl sites for hydroxylation is 1. The molecule has 3 heterocycles. The van der Waals surface area contributed by atoms with Crippen LogP contribution >= 0.6 is 11.3 Å². The third-order valence-corrected chi connectivity index (χ3v) is 3.92. The monoisotopic (exact) mass is 302 g/mol. The number of pyridine rings is 1. The van der Waals surface area contributed by atoms with Gasteiger partial charge in [-0.25, -0.2) is 15.1 Å². The molecule has 0 spiro atoms. The zero-order valence-electron chi connectivity index (χ0n) is 11.7. The summed E-state index contributed by atoms with van der Waals surface area (Å²) in [6.45, 7) is 2.49. The van der Waals surface area contributed by atoms with Crippen LogP contribution in [0, 0.1) is 6.92 Å². The Bertz CT molecular complexity index is 780. The number of aromatic nitrogens is 3. The van der Waals surface area contributed by atoms with Gasteiger partial charge >= 0.3 is 0 Å². The lowest BCUT2D eigenvalue weighted by Crippen LogP contribution is -2.22. The van der Waals surface area contributed by atoms with E-state index in [1.54, 1.807) is 28.3 Å². The molecule has 0 unspecified atom stereocenters. The Balaban J connectivity index is 2.07. The lowest BCUT2D eigenvalue weighted by atomic mass is 10.1. The second-order valence-corrected chi connectivity index (χ2v) is 5.60. The molecule has 0 aromatic carbocycles. The Kier molecular flexibility index (Phi) is 3.68. The maximum absolute atomic E-state index is 12.0. The van der Waals surface area contributed by atoms with Gasteiger partial charge in [-0.15, -0.1) is 11.3 Å². The number of amides is 1. The first kappa shape index (κ1) is 13.7. The standard InChI is InChI=1S/C14H14N4O2S/c1-9-6-11(14(19)17-20-2)12-7-15-18(13(12)16-9)8-10-4-3-5-21-10/h3-7H,8H2,1-2H3,(H,17,19). The average Bonchev–Trinajstić information content (AvgIpc) is 3.09. The Labute approximate surface area is 125 Å². The van der Waals surface area contributed by atoms with Crippen LogP contribution < -0.4 is 5.48 Å². The van der Waals surface area contributed by atoms with E-state index in [1.165, 1.54) is 12.0 Å². The molecule has 0 bridgehead atoms. The zero-order chi connectivity index (χ0) is 14.8. The van der Waals surface area contributed by atoms with E-state index in [9.17, 15) is 4.79 Å². The highest BCUT2D eigenvalue weighted by molar-refractivity contribution is 7.09. The first-order valence-corrected chi connectivity index (χ1v) is 7.26. The highest BCUT2D eigenvalue weighted by atomic mass is 32.1. The van der Waals surface area contributed by atoms with Gasteiger partial charge in [-0.3, -0.25) is 9.63 Å². The molecule has 0 saturated carbocycles. The molecule has 0 aliphatic carbocycles. The molecule has 3 aromatic heterocycles. The van der Waals surface area contributed by atoms with Crippen molar-refractivity contribution in [2.24, 2.45) is 0 Å². The Hall–Kier alpha value is -2.25. The SMILES string of the molecule is CONC(=O)c1cc(C)nc2c1cnn2Cc1cccs1. The van der Waals surface area contributed by atoms with E-state index in [2.05, 4.69) is 15.6 Å². The number of fused-ring (bicyclic) bond motifs is 1. The molecule has 1 N–H and O–H groups in total. The van der Waals surface area contributed by atoms with Crippen molar-refractivity contribution in [2.45, 2.75) is 13.5 Å². The first-order chi connectivity index (χ1) is 10.2. The summed E-state index contributed by atoms with van der Waals surface area (Å²) in [6, 6.07) is 5.78. The van der Waals surface area contributed by atoms with Crippen molar-refractivity contribution in [2.75, 3.05) is 7.11 Å². The average molecular weight is 302 g/mol. The van der Waals surface area contributed by atoms with Gasteiger partial charge in [0.15, 0.2) is 5.65 Å². The molecule has 0 radical (unpaired) electrons. The summed E-state index contributed by atoms with van der Waals surface area (Å²) in [6.07, 6.45) is 1.67. The van der Waals surface area contributed by atoms with Crippen molar-refractivity contribution in [3.05, 3.63) is 45.9 Å². The largest absolute Gasteiger partial charge is 0.277 e. The maximum atomic E-state index is 12.0. The van der Waals surface area contributed by atoms with Gasteiger partial charge in [0, 0.05) is 10.6 Å². The quantitative estimate of drug-likeness (QED) is 0.750. The first-order valence-electron chi connectivity index (χ1n) is 6.38. The highest BCUT2D eigenvalue weighted by Gasteiger charge is 2.15. The van der Waals surface area contributed by atoms with Gasteiger partial charge in [-0.1, -0.05) is 6.07 Å². The van der Waals surface area contributed by atoms with Gasteiger partial charge in [-0.2, -0.15) is 5.10 Å². The molecule has 3 aromatic rings. The number of carbonyl (C=O) groups is 1. The maximum Gasteiger partial charge on any atom is 0.275 e. The van der Waals surface area contributed by atoms with Crippen LogP contribution in [0.1, 0.15) is 20.9 Å². The Morgan fingerprint density at radius 3 is 3.10 bits per heavy atom. The lowest BCUT2D eigenvalue weighted by molar-refractivity contribution is 0.0539. The van der Waals surface area contributed by atoms with Crippen molar-refractivity contribution < 1.29 is 9.63 Å². The van der Waals surface area contributed by atoms with Crippen LogP contribution in [-0.2, 0) is 11.4 Å². The molecular formula is C14H14N4O2S. The molecule has 7 heteroatoms. The number of carbonyl (C=O) groups excluding carboxylic acids is 1. The van der Waals surface area contributed by atoms with E-state index in [4.69, 9.17) is 4.84 Å². The Morgan fingerprint density at radius 1 is 1.52 bits per heavy atom. The van der Waals surface area contributed by atoms with Crippen LogP contribution in [0.15, 0.2) is 29.8 Å². The second-order valence-electron chi connectivity index (χ2n) is 4.57. The van der Waals surface area contributed by atoms with E-state index in [0.29, 0.717) is 23.1 Å².